The molecule has 0 aliphatic heterocycles. The molecular formula is C6H24O6Si3. The van der Waals surface area contributed by atoms with E-state index in [0.29, 0.717) is 0 Å². The number of hydrogen-bond donors (Lipinski definition) is 0. The third-order valence-electron chi connectivity index (χ3n) is 0.707. The summed E-state index contributed by atoms with van der Waals surface area (Å²) in [5.74, 6) is 0. The van der Waals surface area contributed by atoms with Crippen molar-refractivity contribution < 1.29 is 26.6 Å². The molecule has 0 N–H and O–H groups in total. The van der Waals surface area contributed by atoms with Crippen molar-refractivity contribution in [3.05, 3.63) is 0 Å². The molecule has 0 aromatic heterocycles. The Morgan fingerprint density at radius 3 is 0.533 bits per heavy atom. The first-order valence-corrected chi connectivity index (χ1v) is 7.65. The van der Waals surface area contributed by atoms with Crippen molar-refractivity contribution >= 4 is 30.0 Å². The van der Waals surface area contributed by atoms with Crippen LogP contribution in [0, 0.1) is 0 Å². The standard InChI is InChI=1S/3C2H8O2Si/c3*1-3-5-4-2/h3*5H2,1-2H3. The summed E-state index contributed by atoms with van der Waals surface area (Å²) in [6.07, 6.45) is 0. The highest BCUT2D eigenvalue weighted by Gasteiger charge is 1.68. The van der Waals surface area contributed by atoms with Crippen LogP contribution in [0.2, 0.25) is 0 Å². The fourth-order valence-corrected chi connectivity index (χ4v) is 1.06. The zero-order chi connectivity index (χ0) is 12.4. The van der Waals surface area contributed by atoms with E-state index in [1.807, 2.05) is 0 Å². The van der Waals surface area contributed by atoms with Gasteiger partial charge in [0.1, 0.15) is 0 Å². The van der Waals surface area contributed by atoms with Crippen molar-refractivity contribution in [2.24, 2.45) is 0 Å². The predicted octanol–water partition coefficient (Wildman–Crippen LogP) is -2.17. The van der Waals surface area contributed by atoms with Crippen LogP contribution >= 0.6 is 0 Å². The molecule has 0 rings (SSSR count). The fourth-order valence-electron chi connectivity index (χ4n) is 0.354. The Hall–Kier alpha value is 0.411. The van der Waals surface area contributed by atoms with Crippen molar-refractivity contribution in [3.8, 4) is 0 Å². The van der Waals surface area contributed by atoms with Crippen LogP contribution in [-0.4, -0.2) is 72.7 Å². The Bertz CT molecular complexity index is 59.6. The molecule has 0 aliphatic carbocycles. The minimum absolute atomic E-state index is 0.568. The highest BCUT2D eigenvalue weighted by Crippen LogP contribution is 1.55. The van der Waals surface area contributed by atoms with Gasteiger partial charge in [-0.05, 0) is 0 Å². The van der Waals surface area contributed by atoms with Crippen LogP contribution in [0.1, 0.15) is 0 Å². The summed E-state index contributed by atoms with van der Waals surface area (Å²) in [4.78, 5) is 0. The van der Waals surface area contributed by atoms with Crippen LogP contribution in [0.4, 0.5) is 0 Å². The third kappa shape index (κ3) is 54.0. The van der Waals surface area contributed by atoms with E-state index < -0.39 is 30.0 Å². The predicted molar refractivity (Wildman–Crippen MR) is 67.7 cm³/mol. The Balaban J connectivity index is -0.000000144. The van der Waals surface area contributed by atoms with Gasteiger partial charge in [0.15, 0.2) is 0 Å². The molecule has 9 heteroatoms. The van der Waals surface area contributed by atoms with Crippen molar-refractivity contribution in [1.29, 1.82) is 0 Å². The van der Waals surface area contributed by atoms with Gasteiger partial charge in [0.05, 0.1) is 0 Å². The first-order valence-electron chi connectivity index (χ1n) is 4.18. The second-order valence-corrected chi connectivity index (χ2v) is 6.26. The molecule has 0 spiro atoms. The molecule has 0 saturated heterocycles. The zero-order valence-electron chi connectivity index (χ0n) is 10.6. The molecule has 0 aromatic rings. The monoisotopic (exact) mass is 276 g/mol. The van der Waals surface area contributed by atoms with Crippen molar-refractivity contribution in [1.82, 2.24) is 0 Å². The van der Waals surface area contributed by atoms with E-state index in [1.165, 1.54) is 0 Å². The van der Waals surface area contributed by atoms with Crippen LogP contribution in [-0.2, 0) is 26.6 Å². The van der Waals surface area contributed by atoms with E-state index in [1.54, 1.807) is 42.7 Å². The fraction of sp³-hybridized carbons (Fsp3) is 1.00. The van der Waals surface area contributed by atoms with Gasteiger partial charge in [-0.3, -0.25) is 0 Å². The molecule has 0 aromatic carbocycles. The summed E-state index contributed by atoms with van der Waals surface area (Å²) in [6, 6.07) is 0. The molecule has 0 heterocycles. The van der Waals surface area contributed by atoms with E-state index in [2.05, 4.69) is 26.6 Å². The average Bonchev–Trinajstić information content (AvgIpc) is 2.23. The van der Waals surface area contributed by atoms with Crippen molar-refractivity contribution in [2.45, 2.75) is 0 Å². The van der Waals surface area contributed by atoms with Crippen molar-refractivity contribution in [3.63, 3.8) is 0 Å². The molecule has 6 nitrogen and oxygen atoms in total. The van der Waals surface area contributed by atoms with Crippen LogP contribution < -0.4 is 0 Å². The number of hydrogen-bond acceptors (Lipinski definition) is 6. The SMILES string of the molecule is CO[SiH2]OC.CO[SiH2]OC.CO[SiH2]OC. The molecule has 96 valence electrons. The Labute approximate surface area is 99.7 Å². The highest BCUT2D eigenvalue weighted by molar-refractivity contribution is 6.18. The summed E-state index contributed by atoms with van der Waals surface area (Å²) in [7, 11) is 8.19. The van der Waals surface area contributed by atoms with Gasteiger partial charge in [-0.15, -0.1) is 0 Å². The van der Waals surface area contributed by atoms with Gasteiger partial charge in [0.25, 0.3) is 0 Å². The minimum atomic E-state index is -0.568. The Kier molecular flexibility index (Phi) is 40.5. The molecule has 0 bridgehead atoms. The molecular weight excluding hydrogens is 252 g/mol. The van der Waals surface area contributed by atoms with Crippen LogP contribution in [0.5, 0.6) is 0 Å². The molecule has 0 fully saturated rings. The number of rotatable bonds is 6. The van der Waals surface area contributed by atoms with Gasteiger partial charge >= 0.3 is 30.0 Å². The molecule has 0 amide bonds. The smallest absolute Gasteiger partial charge is 0.303 e. The molecule has 15 heavy (non-hydrogen) atoms. The first-order chi connectivity index (χ1) is 7.24. The third-order valence-corrected chi connectivity index (χ3v) is 2.12. The zero-order valence-corrected chi connectivity index (χ0v) is 14.8. The lowest BCUT2D eigenvalue weighted by atomic mass is 11.8. The van der Waals surface area contributed by atoms with Gasteiger partial charge < -0.3 is 26.6 Å². The average molecular weight is 277 g/mol. The summed E-state index contributed by atoms with van der Waals surface area (Å²) in [5, 5.41) is 0. The van der Waals surface area contributed by atoms with E-state index >= 15 is 0 Å². The van der Waals surface area contributed by atoms with Gasteiger partial charge in [0, 0.05) is 42.7 Å². The van der Waals surface area contributed by atoms with Gasteiger partial charge in [-0.25, -0.2) is 0 Å². The molecule has 0 aliphatic rings. The molecule has 0 radical (unpaired) electrons. The maximum Gasteiger partial charge on any atom is 0.303 e. The normalized spacial score (nSPS) is 8.40. The molecule has 0 unspecified atom stereocenters. The van der Waals surface area contributed by atoms with E-state index in [-0.39, 0.29) is 0 Å². The first kappa shape index (κ1) is 20.8. The lowest BCUT2D eigenvalue weighted by molar-refractivity contribution is 0.309. The van der Waals surface area contributed by atoms with E-state index in [0.717, 1.165) is 0 Å². The summed E-state index contributed by atoms with van der Waals surface area (Å²) >= 11 is 0. The Morgan fingerprint density at radius 1 is 0.400 bits per heavy atom. The van der Waals surface area contributed by atoms with E-state index in [9.17, 15) is 0 Å². The summed E-state index contributed by atoms with van der Waals surface area (Å²) in [5.41, 5.74) is 0. The maximum atomic E-state index is 4.61. The second-order valence-electron chi connectivity index (χ2n) is 2.09. The van der Waals surface area contributed by atoms with E-state index in [4.69, 9.17) is 0 Å². The van der Waals surface area contributed by atoms with Crippen LogP contribution in [0.3, 0.4) is 0 Å². The van der Waals surface area contributed by atoms with Crippen molar-refractivity contribution in [2.75, 3.05) is 42.7 Å². The molecule has 0 saturated carbocycles. The quantitative estimate of drug-likeness (QED) is 0.515. The Morgan fingerprint density at radius 2 is 0.533 bits per heavy atom. The van der Waals surface area contributed by atoms with Crippen LogP contribution in [0.15, 0.2) is 0 Å². The largest absolute Gasteiger partial charge is 0.402 e. The van der Waals surface area contributed by atoms with Gasteiger partial charge in [-0.2, -0.15) is 0 Å². The molecule has 0 atom stereocenters. The van der Waals surface area contributed by atoms with Gasteiger partial charge in [-0.1, -0.05) is 0 Å². The topological polar surface area (TPSA) is 55.4 Å². The van der Waals surface area contributed by atoms with Gasteiger partial charge in [0.2, 0.25) is 0 Å². The highest BCUT2D eigenvalue weighted by atomic mass is 28.3. The van der Waals surface area contributed by atoms with Crippen LogP contribution in [0.25, 0.3) is 0 Å². The summed E-state index contributed by atoms with van der Waals surface area (Å²) in [6.45, 7) is 0. The lowest BCUT2D eigenvalue weighted by Gasteiger charge is -1.86. The summed E-state index contributed by atoms with van der Waals surface area (Å²) < 4.78 is 27.6. The maximum absolute atomic E-state index is 4.61. The second kappa shape index (κ2) is 29.3. The lowest BCUT2D eigenvalue weighted by Crippen LogP contribution is -1.93. The minimum Gasteiger partial charge on any atom is -0.402 e.